The Bertz CT molecular complexity index is 448. The monoisotopic (exact) mass is 266 g/mol. The van der Waals surface area contributed by atoms with Gasteiger partial charge in [-0.05, 0) is 24.1 Å². The maximum absolute atomic E-state index is 11.5. The number of rotatable bonds is 7. The Hall–Kier alpha value is -2.08. The number of carbonyl (C=O) groups is 2. The third kappa shape index (κ3) is 5.39. The van der Waals surface area contributed by atoms with Crippen molar-refractivity contribution in [2.45, 2.75) is 18.9 Å². The third-order valence-electron chi connectivity index (χ3n) is 2.60. The first-order valence-corrected chi connectivity index (χ1v) is 5.90. The number of hydrogen-bond donors (Lipinski definition) is 3. The molecule has 1 rings (SSSR count). The molecule has 1 atom stereocenters. The molecule has 19 heavy (non-hydrogen) atoms. The van der Waals surface area contributed by atoms with Crippen LogP contribution in [0.1, 0.15) is 12.0 Å². The van der Waals surface area contributed by atoms with Gasteiger partial charge in [-0.2, -0.15) is 0 Å². The Balaban J connectivity index is 2.35. The molecule has 0 radical (unpaired) electrons. The van der Waals surface area contributed by atoms with E-state index >= 15 is 0 Å². The van der Waals surface area contributed by atoms with Gasteiger partial charge < -0.3 is 20.9 Å². The number of aliphatic hydroxyl groups excluding tert-OH is 1. The van der Waals surface area contributed by atoms with Crippen LogP contribution in [-0.4, -0.2) is 36.7 Å². The summed E-state index contributed by atoms with van der Waals surface area (Å²) >= 11 is 0. The Morgan fingerprint density at radius 3 is 2.84 bits per heavy atom. The fourth-order valence-corrected chi connectivity index (χ4v) is 1.49. The average Bonchev–Trinajstić information content (AvgIpc) is 2.42. The Kier molecular flexibility index (Phi) is 5.81. The maximum Gasteiger partial charge on any atom is 0.248 e. The Labute approximate surface area is 111 Å². The number of benzene rings is 1. The topological polar surface area (TPSA) is 102 Å². The molecule has 0 spiro atoms. The predicted octanol–water partition coefficient (Wildman–Crippen LogP) is -0.410. The molecule has 0 aliphatic rings. The highest BCUT2D eigenvalue weighted by Gasteiger charge is 2.12. The summed E-state index contributed by atoms with van der Waals surface area (Å²) in [5.74, 6) is -0.363. The summed E-state index contributed by atoms with van der Waals surface area (Å²) in [6.07, 6.45) is -0.533. The van der Waals surface area contributed by atoms with Crippen molar-refractivity contribution in [2.75, 3.05) is 13.7 Å². The van der Waals surface area contributed by atoms with E-state index in [1.165, 1.54) is 0 Å². The lowest BCUT2D eigenvalue weighted by molar-refractivity contribution is -0.127. The zero-order valence-electron chi connectivity index (χ0n) is 10.8. The normalized spacial score (nSPS) is 11.7. The predicted molar refractivity (Wildman–Crippen MR) is 69.5 cm³/mol. The van der Waals surface area contributed by atoms with Crippen LogP contribution in [0.15, 0.2) is 24.3 Å². The van der Waals surface area contributed by atoms with Gasteiger partial charge in [-0.15, -0.1) is 0 Å². The summed E-state index contributed by atoms with van der Waals surface area (Å²) in [7, 11) is 1.58. The summed E-state index contributed by atoms with van der Waals surface area (Å²) in [6.45, 7) is -0.160. The van der Waals surface area contributed by atoms with Gasteiger partial charge in [0.05, 0.1) is 13.7 Å². The fourth-order valence-electron chi connectivity index (χ4n) is 1.49. The van der Waals surface area contributed by atoms with Crippen molar-refractivity contribution in [1.29, 1.82) is 0 Å². The molecule has 6 nitrogen and oxygen atoms in total. The molecule has 1 aromatic rings. The molecule has 104 valence electrons. The summed E-state index contributed by atoms with van der Waals surface area (Å²) in [4.78, 5) is 22.1. The number of amides is 2. The maximum atomic E-state index is 11.5. The number of hydrogen-bond acceptors (Lipinski definition) is 4. The number of aryl methyl sites for hydroxylation is 1. The largest absolute Gasteiger partial charge is 0.497 e. The van der Waals surface area contributed by atoms with Gasteiger partial charge >= 0.3 is 0 Å². The van der Waals surface area contributed by atoms with Crippen molar-refractivity contribution in [1.82, 2.24) is 5.32 Å². The smallest absolute Gasteiger partial charge is 0.248 e. The number of primary amides is 1. The van der Waals surface area contributed by atoms with Crippen molar-refractivity contribution in [3.8, 4) is 5.75 Å². The number of ether oxygens (including phenoxy) is 1. The molecule has 0 aromatic heterocycles. The van der Waals surface area contributed by atoms with Gasteiger partial charge in [0, 0.05) is 6.42 Å². The lowest BCUT2D eigenvalue weighted by atomic mass is 10.1. The SMILES string of the molecule is COc1cccc(CCC(=O)NCC(O)C(N)=O)c1. The molecule has 0 bridgehead atoms. The minimum atomic E-state index is -1.35. The van der Waals surface area contributed by atoms with Gasteiger partial charge in [0.2, 0.25) is 11.8 Å². The summed E-state index contributed by atoms with van der Waals surface area (Å²) < 4.78 is 5.08. The first-order chi connectivity index (χ1) is 9.02. The number of nitrogens with one attached hydrogen (secondary N) is 1. The van der Waals surface area contributed by atoms with E-state index in [0.717, 1.165) is 11.3 Å². The second kappa shape index (κ2) is 7.38. The molecular formula is C13H18N2O4. The van der Waals surface area contributed by atoms with Crippen LogP contribution < -0.4 is 15.8 Å². The van der Waals surface area contributed by atoms with Crippen LogP contribution in [-0.2, 0) is 16.0 Å². The van der Waals surface area contributed by atoms with E-state index in [-0.39, 0.29) is 18.9 Å². The van der Waals surface area contributed by atoms with Crippen LogP contribution >= 0.6 is 0 Å². The van der Waals surface area contributed by atoms with Gasteiger partial charge in [-0.3, -0.25) is 9.59 Å². The van der Waals surface area contributed by atoms with Crippen molar-refractivity contribution in [3.05, 3.63) is 29.8 Å². The van der Waals surface area contributed by atoms with E-state index in [9.17, 15) is 9.59 Å². The van der Waals surface area contributed by atoms with Crippen LogP contribution in [0.3, 0.4) is 0 Å². The van der Waals surface area contributed by atoms with Crippen LogP contribution in [0.2, 0.25) is 0 Å². The summed E-state index contributed by atoms with van der Waals surface area (Å²) in [5.41, 5.74) is 5.84. The zero-order valence-corrected chi connectivity index (χ0v) is 10.8. The second-order valence-electron chi connectivity index (χ2n) is 4.07. The van der Waals surface area contributed by atoms with Crippen LogP contribution in [0.5, 0.6) is 5.75 Å². The molecular weight excluding hydrogens is 248 g/mol. The highest BCUT2D eigenvalue weighted by Crippen LogP contribution is 2.13. The summed E-state index contributed by atoms with van der Waals surface area (Å²) in [5, 5.41) is 11.6. The zero-order chi connectivity index (χ0) is 14.3. The van der Waals surface area contributed by atoms with E-state index < -0.39 is 12.0 Å². The van der Waals surface area contributed by atoms with Crippen LogP contribution in [0.4, 0.5) is 0 Å². The van der Waals surface area contributed by atoms with Gasteiger partial charge in [0.1, 0.15) is 11.9 Å². The molecule has 0 aliphatic carbocycles. The van der Waals surface area contributed by atoms with E-state index in [4.69, 9.17) is 15.6 Å². The lowest BCUT2D eigenvalue weighted by Gasteiger charge is -2.08. The Morgan fingerprint density at radius 1 is 1.47 bits per heavy atom. The molecule has 0 saturated carbocycles. The van der Waals surface area contributed by atoms with Gasteiger partial charge in [-0.25, -0.2) is 0 Å². The number of carbonyl (C=O) groups excluding carboxylic acids is 2. The third-order valence-corrected chi connectivity index (χ3v) is 2.60. The fraction of sp³-hybridized carbons (Fsp3) is 0.385. The first kappa shape index (κ1) is 15.0. The molecule has 0 saturated heterocycles. The standard InChI is InChI=1S/C13H18N2O4/c1-19-10-4-2-3-9(7-10)5-6-12(17)15-8-11(16)13(14)18/h2-4,7,11,16H,5-6,8H2,1H3,(H2,14,18)(H,15,17). The molecule has 0 fully saturated rings. The van der Waals surface area contributed by atoms with E-state index in [0.29, 0.717) is 6.42 Å². The van der Waals surface area contributed by atoms with E-state index in [2.05, 4.69) is 5.32 Å². The van der Waals surface area contributed by atoms with Crippen molar-refractivity contribution >= 4 is 11.8 Å². The molecule has 0 heterocycles. The van der Waals surface area contributed by atoms with Gasteiger partial charge in [0.25, 0.3) is 0 Å². The number of aliphatic hydroxyl groups is 1. The van der Waals surface area contributed by atoms with Crippen molar-refractivity contribution < 1.29 is 19.4 Å². The van der Waals surface area contributed by atoms with Crippen molar-refractivity contribution in [2.24, 2.45) is 5.73 Å². The second-order valence-corrected chi connectivity index (χ2v) is 4.07. The first-order valence-electron chi connectivity index (χ1n) is 5.90. The molecule has 4 N–H and O–H groups in total. The molecule has 1 aromatic carbocycles. The van der Waals surface area contributed by atoms with Gasteiger partial charge in [-0.1, -0.05) is 12.1 Å². The van der Waals surface area contributed by atoms with Crippen molar-refractivity contribution in [3.63, 3.8) is 0 Å². The van der Waals surface area contributed by atoms with Crippen LogP contribution in [0, 0.1) is 0 Å². The highest BCUT2D eigenvalue weighted by atomic mass is 16.5. The van der Waals surface area contributed by atoms with Gasteiger partial charge in [0.15, 0.2) is 0 Å². The van der Waals surface area contributed by atoms with E-state index in [1.807, 2.05) is 24.3 Å². The van der Waals surface area contributed by atoms with E-state index in [1.54, 1.807) is 7.11 Å². The number of nitrogens with two attached hydrogens (primary N) is 1. The number of methoxy groups -OCH3 is 1. The molecule has 0 aliphatic heterocycles. The quantitative estimate of drug-likeness (QED) is 0.624. The van der Waals surface area contributed by atoms with Crippen LogP contribution in [0.25, 0.3) is 0 Å². The minimum Gasteiger partial charge on any atom is -0.497 e. The summed E-state index contributed by atoms with van der Waals surface area (Å²) in [6, 6.07) is 7.43. The lowest BCUT2D eigenvalue weighted by Crippen LogP contribution is -2.40. The average molecular weight is 266 g/mol. The highest BCUT2D eigenvalue weighted by molar-refractivity contribution is 5.81. The molecule has 2 amide bonds. The molecule has 1 unspecified atom stereocenters. The minimum absolute atomic E-state index is 0.160. The Morgan fingerprint density at radius 2 is 2.21 bits per heavy atom. The molecule has 6 heteroatoms.